The van der Waals surface area contributed by atoms with E-state index in [9.17, 15) is 10.1 Å². The number of ether oxygens (including phenoxy) is 1. The molecule has 3 saturated heterocycles. The molecule has 0 spiro atoms. The van der Waals surface area contributed by atoms with Gasteiger partial charge in [-0.15, -0.1) is 0 Å². The first-order valence-electron chi connectivity index (χ1n) is 11.9. The minimum Gasteiger partial charge on any atom is -0.370 e. The lowest BCUT2D eigenvalue weighted by Gasteiger charge is -2.50. The van der Waals surface area contributed by atoms with Gasteiger partial charge in [0, 0.05) is 89.1 Å². The summed E-state index contributed by atoms with van der Waals surface area (Å²) in [6.07, 6.45) is 2.03. The number of fused-ring (bicyclic) bond motifs is 1. The monoisotopic (exact) mass is 448 g/mol. The number of likely N-dealkylation sites (tertiary alicyclic amines) is 1. The number of morpholine rings is 1. The van der Waals surface area contributed by atoms with E-state index in [1.54, 1.807) is 13.1 Å². The Balaban J connectivity index is 1.20. The summed E-state index contributed by atoms with van der Waals surface area (Å²) in [6.45, 7) is 12.2. The summed E-state index contributed by atoms with van der Waals surface area (Å²) in [5.41, 5.74) is 2.51. The second-order valence-corrected chi connectivity index (χ2v) is 9.53. The number of hydrogen-bond donors (Lipinski definition) is 0. The van der Waals surface area contributed by atoms with Crippen LogP contribution in [-0.4, -0.2) is 103 Å². The number of carbonyl (C=O) groups is 1. The van der Waals surface area contributed by atoms with Gasteiger partial charge in [-0.3, -0.25) is 19.6 Å². The summed E-state index contributed by atoms with van der Waals surface area (Å²) in [4.78, 5) is 25.4. The molecule has 0 radical (unpaired) electrons. The van der Waals surface area contributed by atoms with Crippen molar-refractivity contribution in [1.29, 1.82) is 5.26 Å². The standard InChI is InChI=1S/C25H32N6O2/c1-18-13-31(24-6-5-20(12-26)25-23(24)4-3-7-27-25)17-22(33-18)16-28-14-21(15-28)30-10-8-29(9-11-30)19(2)32/h3-7,18,21-22H,8-11,13-17H2,1-2H3/t18-,22+/m1/s1. The molecule has 0 N–H and O–H groups in total. The van der Waals surface area contributed by atoms with E-state index >= 15 is 0 Å². The topological polar surface area (TPSA) is 75.9 Å². The van der Waals surface area contributed by atoms with Gasteiger partial charge in [0.15, 0.2) is 0 Å². The molecule has 3 aliphatic heterocycles. The third-order valence-corrected chi connectivity index (χ3v) is 7.21. The molecule has 0 bridgehead atoms. The van der Waals surface area contributed by atoms with Crippen molar-refractivity contribution in [3.8, 4) is 6.07 Å². The van der Waals surface area contributed by atoms with Gasteiger partial charge in [0.05, 0.1) is 23.3 Å². The minimum atomic E-state index is 0.142. The largest absolute Gasteiger partial charge is 0.370 e. The van der Waals surface area contributed by atoms with E-state index in [-0.39, 0.29) is 18.1 Å². The fourth-order valence-electron chi connectivity index (χ4n) is 5.48. The van der Waals surface area contributed by atoms with Crippen LogP contribution in [0.5, 0.6) is 0 Å². The molecule has 1 aromatic carbocycles. The number of carbonyl (C=O) groups excluding carboxylic acids is 1. The van der Waals surface area contributed by atoms with Crippen molar-refractivity contribution in [2.45, 2.75) is 32.1 Å². The number of aromatic nitrogens is 1. The summed E-state index contributed by atoms with van der Waals surface area (Å²) in [6, 6.07) is 10.8. The third kappa shape index (κ3) is 4.54. The van der Waals surface area contributed by atoms with Gasteiger partial charge in [-0.1, -0.05) is 0 Å². The molecule has 4 heterocycles. The average Bonchev–Trinajstić information content (AvgIpc) is 2.80. The van der Waals surface area contributed by atoms with E-state index in [0.29, 0.717) is 11.6 Å². The number of amides is 1. The highest BCUT2D eigenvalue weighted by molar-refractivity contribution is 5.95. The highest BCUT2D eigenvalue weighted by Gasteiger charge is 2.36. The van der Waals surface area contributed by atoms with Crippen LogP contribution in [-0.2, 0) is 9.53 Å². The lowest BCUT2D eigenvalue weighted by atomic mass is 10.0. The Morgan fingerprint density at radius 3 is 2.67 bits per heavy atom. The second-order valence-electron chi connectivity index (χ2n) is 9.53. The van der Waals surface area contributed by atoms with Crippen molar-refractivity contribution >= 4 is 22.5 Å². The summed E-state index contributed by atoms with van der Waals surface area (Å²) >= 11 is 0. The molecular weight excluding hydrogens is 416 g/mol. The summed E-state index contributed by atoms with van der Waals surface area (Å²) in [5, 5.41) is 10.5. The van der Waals surface area contributed by atoms with E-state index in [2.05, 4.69) is 44.8 Å². The molecule has 8 nitrogen and oxygen atoms in total. The van der Waals surface area contributed by atoms with E-state index in [1.165, 1.54) is 0 Å². The second kappa shape index (κ2) is 9.26. The average molecular weight is 449 g/mol. The van der Waals surface area contributed by atoms with Crippen LogP contribution in [0.4, 0.5) is 5.69 Å². The Kier molecular flexibility index (Phi) is 6.19. The molecule has 0 aliphatic carbocycles. The number of nitriles is 1. The molecule has 1 aromatic heterocycles. The van der Waals surface area contributed by atoms with Crippen LogP contribution in [0.3, 0.4) is 0 Å². The molecule has 2 atom stereocenters. The molecule has 3 aliphatic rings. The lowest BCUT2D eigenvalue weighted by Crippen LogP contribution is -2.65. The van der Waals surface area contributed by atoms with Crippen LogP contribution in [0.15, 0.2) is 30.5 Å². The predicted molar refractivity (Wildman–Crippen MR) is 127 cm³/mol. The van der Waals surface area contributed by atoms with Crippen molar-refractivity contribution in [2.24, 2.45) is 0 Å². The highest BCUT2D eigenvalue weighted by atomic mass is 16.5. The molecular formula is C25H32N6O2. The lowest BCUT2D eigenvalue weighted by molar-refractivity contribution is -0.131. The Morgan fingerprint density at radius 2 is 1.94 bits per heavy atom. The van der Waals surface area contributed by atoms with Crippen molar-refractivity contribution < 1.29 is 9.53 Å². The van der Waals surface area contributed by atoms with Gasteiger partial charge < -0.3 is 14.5 Å². The van der Waals surface area contributed by atoms with Gasteiger partial charge in [-0.05, 0) is 31.2 Å². The number of rotatable bonds is 4. The first-order valence-corrected chi connectivity index (χ1v) is 11.9. The molecule has 174 valence electrons. The van der Waals surface area contributed by atoms with Crippen LogP contribution < -0.4 is 4.90 Å². The Morgan fingerprint density at radius 1 is 1.15 bits per heavy atom. The van der Waals surface area contributed by atoms with Crippen molar-refractivity contribution in [3.63, 3.8) is 0 Å². The fourth-order valence-corrected chi connectivity index (χ4v) is 5.48. The molecule has 5 rings (SSSR count). The predicted octanol–water partition coefficient (Wildman–Crippen LogP) is 1.55. The Labute approximate surface area is 195 Å². The van der Waals surface area contributed by atoms with E-state index in [4.69, 9.17) is 4.74 Å². The van der Waals surface area contributed by atoms with Crippen molar-refractivity contribution in [2.75, 3.05) is 63.8 Å². The van der Waals surface area contributed by atoms with E-state index in [0.717, 1.165) is 75.5 Å². The quantitative estimate of drug-likeness (QED) is 0.702. The maximum absolute atomic E-state index is 11.6. The maximum Gasteiger partial charge on any atom is 0.219 e. The first-order chi connectivity index (χ1) is 16.0. The van der Waals surface area contributed by atoms with Crippen LogP contribution in [0.25, 0.3) is 10.9 Å². The van der Waals surface area contributed by atoms with Crippen molar-refractivity contribution in [3.05, 3.63) is 36.0 Å². The van der Waals surface area contributed by atoms with Gasteiger partial charge >= 0.3 is 0 Å². The van der Waals surface area contributed by atoms with Gasteiger partial charge in [0.25, 0.3) is 0 Å². The van der Waals surface area contributed by atoms with Gasteiger partial charge in [-0.25, -0.2) is 0 Å². The van der Waals surface area contributed by atoms with Gasteiger partial charge in [0.2, 0.25) is 5.91 Å². The number of nitrogens with zero attached hydrogens (tertiary/aromatic N) is 6. The molecule has 3 fully saturated rings. The fraction of sp³-hybridized carbons (Fsp3) is 0.560. The maximum atomic E-state index is 11.6. The number of pyridine rings is 1. The highest BCUT2D eigenvalue weighted by Crippen LogP contribution is 2.30. The molecule has 0 unspecified atom stereocenters. The Bertz CT molecular complexity index is 1050. The number of anilines is 1. The first kappa shape index (κ1) is 22.1. The van der Waals surface area contributed by atoms with Crippen LogP contribution >= 0.6 is 0 Å². The number of benzene rings is 1. The van der Waals surface area contributed by atoms with Gasteiger partial charge in [-0.2, -0.15) is 5.26 Å². The summed E-state index contributed by atoms with van der Waals surface area (Å²) in [7, 11) is 0. The van der Waals surface area contributed by atoms with E-state index in [1.807, 2.05) is 17.0 Å². The number of hydrogen-bond acceptors (Lipinski definition) is 7. The minimum absolute atomic E-state index is 0.142. The molecule has 8 heteroatoms. The van der Waals surface area contributed by atoms with Crippen LogP contribution in [0.2, 0.25) is 0 Å². The number of piperazine rings is 1. The molecule has 1 amide bonds. The van der Waals surface area contributed by atoms with Crippen molar-refractivity contribution in [1.82, 2.24) is 19.7 Å². The smallest absolute Gasteiger partial charge is 0.219 e. The zero-order valence-corrected chi connectivity index (χ0v) is 19.5. The molecule has 0 saturated carbocycles. The zero-order chi connectivity index (χ0) is 22.9. The SMILES string of the molecule is CC(=O)N1CCN(C2CN(C[C@H]3CN(c4ccc(C#N)c5ncccc45)C[C@@H](C)O3)C2)CC1. The molecule has 33 heavy (non-hydrogen) atoms. The zero-order valence-electron chi connectivity index (χ0n) is 19.5. The van der Waals surface area contributed by atoms with Crippen LogP contribution in [0.1, 0.15) is 19.4 Å². The van der Waals surface area contributed by atoms with Gasteiger partial charge in [0.1, 0.15) is 6.07 Å². The molecule has 2 aromatic rings. The summed E-state index contributed by atoms with van der Waals surface area (Å²) < 4.78 is 6.31. The normalized spacial score (nSPS) is 25.1. The van der Waals surface area contributed by atoms with Crippen LogP contribution in [0, 0.1) is 11.3 Å². The van der Waals surface area contributed by atoms with E-state index < -0.39 is 0 Å². The summed E-state index contributed by atoms with van der Waals surface area (Å²) in [5.74, 6) is 0.184. The third-order valence-electron chi connectivity index (χ3n) is 7.21. The Hall–Kier alpha value is -2.73.